The summed E-state index contributed by atoms with van der Waals surface area (Å²) in [6, 6.07) is 2.59. The van der Waals surface area contributed by atoms with E-state index >= 15 is 0 Å². The predicted molar refractivity (Wildman–Crippen MR) is 94.3 cm³/mol. The molecule has 0 aliphatic carbocycles. The van der Waals surface area contributed by atoms with Gasteiger partial charge in [0.1, 0.15) is 0 Å². The van der Waals surface area contributed by atoms with Crippen molar-refractivity contribution in [2.75, 3.05) is 45.8 Å². The number of piperidine rings is 1. The van der Waals surface area contributed by atoms with Gasteiger partial charge in [-0.15, -0.1) is 0 Å². The summed E-state index contributed by atoms with van der Waals surface area (Å²) < 4.78 is 69.6. The molecule has 0 atom stereocenters. The third-order valence-corrected chi connectivity index (χ3v) is 6.75. The van der Waals surface area contributed by atoms with Gasteiger partial charge in [-0.3, -0.25) is 9.69 Å². The lowest BCUT2D eigenvalue weighted by molar-refractivity contribution is -0.145. The van der Waals surface area contributed by atoms with Gasteiger partial charge < -0.3 is 9.32 Å². The third-order valence-electron chi connectivity index (χ3n) is 4.98. The maximum Gasteiger partial charge on any atom is 0.401 e. The highest BCUT2D eigenvalue weighted by Gasteiger charge is 2.33. The molecule has 0 N–H and O–H groups in total. The van der Waals surface area contributed by atoms with Crippen LogP contribution in [0.3, 0.4) is 0 Å². The number of rotatable bonds is 4. The van der Waals surface area contributed by atoms with Gasteiger partial charge >= 0.3 is 6.18 Å². The number of nitrogens with zero attached hydrogens (tertiary/aromatic N) is 3. The fraction of sp³-hybridized carbons (Fsp3) is 0.706. The zero-order valence-electron chi connectivity index (χ0n) is 15.4. The fourth-order valence-corrected chi connectivity index (χ4v) is 4.98. The smallest absolute Gasteiger partial charge is 0.401 e. The molecular weight excluding hydrogens is 399 g/mol. The number of carbonyl (C=O) groups excluding carboxylic acids is 1. The van der Waals surface area contributed by atoms with Crippen molar-refractivity contribution < 1.29 is 30.8 Å². The normalized spacial score (nSPS) is 20.9. The van der Waals surface area contributed by atoms with Crippen molar-refractivity contribution in [1.82, 2.24) is 14.1 Å². The van der Waals surface area contributed by atoms with Gasteiger partial charge in [0.2, 0.25) is 5.09 Å². The molecule has 11 heteroatoms. The van der Waals surface area contributed by atoms with Crippen molar-refractivity contribution in [1.29, 1.82) is 0 Å². The molecule has 2 saturated heterocycles. The van der Waals surface area contributed by atoms with Crippen LogP contribution in [-0.4, -0.2) is 80.4 Å². The second kappa shape index (κ2) is 8.42. The van der Waals surface area contributed by atoms with Gasteiger partial charge in [0, 0.05) is 39.3 Å². The van der Waals surface area contributed by atoms with E-state index < -0.39 is 28.7 Å². The number of amides is 1. The third kappa shape index (κ3) is 5.06. The molecule has 0 saturated carbocycles. The molecule has 0 unspecified atom stereocenters. The summed E-state index contributed by atoms with van der Waals surface area (Å²) in [5.74, 6) is -0.617. The summed E-state index contributed by atoms with van der Waals surface area (Å²) in [6.45, 7) is 0.613. The van der Waals surface area contributed by atoms with Crippen LogP contribution in [0.4, 0.5) is 13.2 Å². The Hall–Kier alpha value is -1.59. The molecule has 2 fully saturated rings. The Kier molecular flexibility index (Phi) is 6.35. The lowest BCUT2D eigenvalue weighted by Gasteiger charge is -2.24. The molecule has 1 amide bonds. The topological polar surface area (TPSA) is 74.1 Å². The summed E-state index contributed by atoms with van der Waals surface area (Å²) in [6.07, 6.45) is -1.32. The Balaban J connectivity index is 1.65. The standard InChI is InChI=1S/C17H24F3N3O4S/c18-17(19,20)13-21-7-4-8-22(12-11-21)16(24)14-5-6-15(27-14)28(25,26)23-9-2-1-3-10-23/h5-6H,1-4,7-13H2. The van der Waals surface area contributed by atoms with Gasteiger partial charge in [0.05, 0.1) is 6.54 Å². The largest absolute Gasteiger partial charge is 0.438 e. The monoisotopic (exact) mass is 423 g/mol. The maximum absolute atomic E-state index is 12.6. The van der Waals surface area contributed by atoms with Crippen molar-refractivity contribution in [3.63, 3.8) is 0 Å². The van der Waals surface area contributed by atoms with E-state index in [0.29, 0.717) is 26.1 Å². The van der Waals surface area contributed by atoms with E-state index in [1.807, 2.05) is 0 Å². The first-order valence-corrected chi connectivity index (χ1v) is 10.8. The van der Waals surface area contributed by atoms with Crippen LogP contribution in [-0.2, 0) is 10.0 Å². The minimum absolute atomic E-state index is 0.102. The SMILES string of the molecule is O=C(c1ccc(S(=O)(=O)N2CCCCC2)o1)N1CCCN(CC(F)(F)F)CC1. The Labute approximate surface area is 162 Å². The minimum Gasteiger partial charge on any atom is -0.438 e. The van der Waals surface area contributed by atoms with E-state index in [9.17, 15) is 26.4 Å². The molecule has 0 spiro atoms. The van der Waals surface area contributed by atoms with E-state index in [1.54, 1.807) is 0 Å². The summed E-state index contributed by atoms with van der Waals surface area (Å²) >= 11 is 0. The molecule has 2 aliphatic heterocycles. The number of halogens is 3. The van der Waals surface area contributed by atoms with Crippen LogP contribution in [0, 0.1) is 0 Å². The number of hydrogen-bond acceptors (Lipinski definition) is 5. The second-order valence-electron chi connectivity index (χ2n) is 7.12. The highest BCUT2D eigenvalue weighted by molar-refractivity contribution is 7.89. The Morgan fingerprint density at radius 2 is 1.68 bits per heavy atom. The lowest BCUT2D eigenvalue weighted by atomic mass is 10.2. The second-order valence-corrected chi connectivity index (χ2v) is 8.99. The fourth-order valence-electron chi connectivity index (χ4n) is 3.55. The number of carbonyl (C=O) groups is 1. The molecule has 0 radical (unpaired) electrons. The van der Waals surface area contributed by atoms with E-state index in [2.05, 4.69) is 0 Å². The first-order valence-electron chi connectivity index (χ1n) is 9.35. The number of sulfonamides is 1. The maximum atomic E-state index is 12.6. The lowest BCUT2D eigenvalue weighted by Crippen LogP contribution is -2.38. The average Bonchev–Trinajstić information content (AvgIpc) is 3.04. The Morgan fingerprint density at radius 1 is 0.964 bits per heavy atom. The number of hydrogen-bond donors (Lipinski definition) is 0. The van der Waals surface area contributed by atoms with Crippen LogP contribution in [0.15, 0.2) is 21.6 Å². The summed E-state index contributed by atoms with van der Waals surface area (Å²) in [5, 5.41) is -0.272. The van der Waals surface area contributed by atoms with Crippen molar-refractivity contribution >= 4 is 15.9 Å². The number of alkyl halides is 3. The first-order chi connectivity index (χ1) is 13.2. The highest BCUT2D eigenvalue weighted by atomic mass is 32.2. The molecule has 28 heavy (non-hydrogen) atoms. The van der Waals surface area contributed by atoms with Crippen LogP contribution in [0.25, 0.3) is 0 Å². The van der Waals surface area contributed by atoms with E-state index in [-0.39, 0.29) is 30.5 Å². The highest BCUT2D eigenvalue weighted by Crippen LogP contribution is 2.24. The molecule has 3 heterocycles. The summed E-state index contributed by atoms with van der Waals surface area (Å²) in [5.41, 5.74) is 0. The molecule has 0 aromatic carbocycles. The molecule has 1 aromatic rings. The van der Waals surface area contributed by atoms with Gasteiger partial charge in [0.25, 0.3) is 15.9 Å². The van der Waals surface area contributed by atoms with Gasteiger partial charge in [-0.25, -0.2) is 8.42 Å². The van der Waals surface area contributed by atoms with Crippen molar-refractivity contribution in [3.8, 4) is 0 Å². The minimum atomic E-state index is -4.28. The average molecular weight is 423 g/mol. The molecule has 1 aromatic heterocycles. The van der Waals surface area contributed by atoms with Gasteiger partial charge in [-0.1, -0.05) is 6.42 Å². The van der Waals surface area contributed by atoms with Gasteiger partial charge in [0.15, 0.2) is 5.76 Å². The molecule has 3 rings (SSSR count). The van der Waals surface area contributed by atoms with Gasteiger partial charge in [-0.05, 0) is 31.4 Å². The molecule has 7 nitrogen and oxygen atoms in total. The van der Waals surface area contributed by atoms with Crippen molar-refractivity contribution in [2.45, 2.75) is 37.0 Å². The molecule has 0 bridgehead atoms. The quantitative estimate of drug-likeness (QED) is 0.742. The zero-order valence-corrected chi connectivity index (χ0v) is 16.3. The van der Waals surface area contributed by atoms with Crippen molar-refractivity contribution in [3.05, 3.63) is 17.9 Å². The number of furan rings is 1. The van der Waals surface area contributed by atoms with Crippen LogP contribution in [0.1, 0.15) is 36.2 Å². The van der Waals surface area contributed by atoms with Crippen LogP contribution in [0.2, 0.25) is 0 Å². The van der Waals surface area contributed by atoms with E-state index in [4.69, 9.17) is 4.42 Å². The van der Waals surface area contributed by atoms with Crippen molar-refractivity contribution in [2.24, 2.45) is 0 Å². The molecule has 158 valence electrons. The first kappa shape index (κ1) is 21.1. The van der Waals surface area contributed by atoms with Crippen LogP contribution in [0.5, 0.6) is 0 Å². The van der Waals surface area contributed by atoms with E-state index in [1.165, 1.54) is 26.2 Å². The Bertz CT molecular complexity index is 788. The molecule has 2 aliphatic rings. The summed E-state index contributed by atoms with van der Waals surface area (Å²) in [7, 11) is -3.78. The summed E-state index contributed by atoms with van der Waals surface area (Å²) in [4.78, 5) is 15.3. The molecular formula is C17H24F3N3O4S. The van der Waals surface area contributed by atoms with Crippen LogP contribution >= 0.6 is 0 Å². The zero-order chi connectivity index (χ0) is 20.4. The predicted octanol–water partition coefficient (Wildman–Crippen LogP) is 2.16. The van der Waals surface area contributed by atoms with Gasteiger partial charge in [-0.2, -0.15) is 17.5 Å². The Morgan fingerprint density at radius 3 is 2.36 bits per heavy atom. The van der Waals surface area contributed by atoms with Crippen LogP contribution < -0.4 is 0 Å². The van der Waals surface area contributed by atoms with E-state index in [0.717, 1.165) is 19.3 Å².